The van der Waals surface area contributed by atoms with Crippen molar-refractivity contribution in [1.29, 1.82) is 0 Å². The van der Waals surface area contributed by atoms with E-state index in [0.29, 0.717) is 0 Å². The van der Waals surface area contributed by atoms with Crippen LogP contribution in [0.3, 0.4) is 0 Å². The second-order valence-electron chi connectivity index (χ2n) is 11.1. The minimum Gasteiger partial charge on any atom is -0.136 e. The van der Waals surface area contributed by atoms with Gasteiger partial charge in [-0.05, 0) is 143 Å². The van der Waals surface area contributed by atoms with Crippen molar-refractivity contribution in [3.63, 3.8) is 0 Å². The Bertz CT molecular complexity index is 1850. The van der Waals surface area contributed by atoms with Gasteiger partial charge in [0.15, 0.2) is 0 Å². The molecule has 0 amide bonds. The van der Waals surface area contributed by atoms with Crippen LogP contribution in [0, 0.1) is 0 Å². The predicted octanol–water partition coefficient (Wildman–Crippen LogP) is 16.8. The summed E-state index contributed by atoms with van der Waals surface area (Å²) in [6.07, 6.45) is 4.74. The highest BCUT2D eigenvalue weighted by Crippen LogP contribution is 2.58. The molecule has 0 spiro atoms. The smallest absolute Gasteiger partial charge is 0.0593 e. The summed E-state index contributed by atoms with van der Waals surface area (Å²) in [4.78, 5) is 19.3. The van der Waals surface area contributed by atoms with E-state index < -0.39 is 0 Å². The molecule has 0 radical (unpaired) electrons. The Balaban J connectivity index is 1.26. The fourth-order valence-electron chi connectivity index (χ4n) is 4.75. The summed E-state index contributed by atoms with van der Waals surface area (Å²) in [6, 6.07) is 14.1. The van der Waals surface area contributed by atoms with E-state index >= 15 is 0 Å². The maximum absolute atomic E-state index is 2.38. The van der Waals surface area contributed by atoms with E-state index in [1.54, 1.807) is 0 Å². The van der Waals surface area contributed by atoms with Gasteiger partial charge in [0, 0.05) is 40.4 Å². The van der Waals surface area contributed by atoms with Gasteiger partial charge < -0.3 is 0 Å². The lowest BCUT2D eigenvalue weighted by molar-refractivity contribution is 1.57. The van der Waals surface area contributed by atoms with Gasteiger partial charge in [0.05, 0.1) is 16.9 Å². The van der Waals surface area contributed by atoms with Crippen LogP contribution in [0.1, 0.15) is 84.7 Å². The van der Waals surface area contributed by atoms with Gasteiger partial charge >= 0.3 is 0 Å². The molecule has 7 heterocycles. The number of thioether (sulfide) groups is 8. The topological polar surface area (TPSA) is 0 Å². The first-order valence-electron chi connectivity index (χ1n) is 14.9. The molecule has 0 bridgehead atoms. The number of rotatable bonds is 6. The Morgan fingerprint density at radius 1 is 0.362 bits per heavy atom. The highest BCUT2D eigenvalue weighted by atomic mass is 32.2. The minimum absolute atomic E-state index is 1.32. The van der Waals surface area contributed by atoms with Crippen LogP contribution in [0.2, 0.25) is 0 Å². The minimum atomic E-state index is 1.32. The van der Waals surface area contributed by atoms with E-state index in [9.17, 15) is 0 Å². The van der Waals surface area contributed by atoms with E-state index in [1.165, 1.54) is 96.6 Å². The van der Waals surface area contributed by atoms with Crippen molar-refractivity contribution in [2.24, 2.45) is 0 Å². The zero-order valence-electron chi connectivity index (χ0n) is 27.1. The SMILES string of the molecule is CC1=C(C)SC(=Cc2ccc(C(=C3SC(C)=C(C)S3)c3ccc(C(=C4SC(C)=C(C)S4)c4ccc(C=C5SC(C)=C(C)S5)s4)s3)s2)S1. The average molecular weight is 817 g/mol. The summed E-state index contributed by atoms with van der Waals surface area (Å²) in [5.74, 6) is 0. The molecule has 0 aliphatic carbocycles. The Morgan fingerprint density at radius 3 is 0.979 bits per heavy atom. The van der Waals surface area contributed by atoms with Crippen molar-refractivity contribution in [3.05, 3.63) is 122 Å². The summed E-state index contributed by atoms with van der Waals surface area (Å²) in [7, 11) is 0. The quantitative estimate of drug-likeness (QED) is 0.238. The van der Waals surface area contributed by atoms with Crippen LogP contribution >= 0.6 is 128 Å². The van der Waals surface area contributed by atoms with Gasteiger partial charge in [-0.15, -0.1) is 34.0 Å². The van der Waals surface area contributed by atoms with Crippen LogP contribution in [0.5, 0.6) is 0 Å². The lowest BCUT2D eigenvalue weighted by Gasteiger charge is -2.09. The molecule has 242 valence electrons. The molecule has 0 fully saturated rings. The van der Waals surface area contributed by atoms with Gasteiger partial charge in [-0.25, -0.2) is 0 Å². The number of hydrogen-bond acceptors (Lipinski definition) is 11. The molecule has 0 unspecified atom stereocenters. The van der Waals surface area contributed by atoms with Gasteiger partial charge in [-0.1, -0.05) is 94.1 Å². The van der Waals surface area contributed by atoms with E-state index in [1.807, 2.05) is 128 Å². The molecule has 7 rings (SSSR count). The van der Waals surface area contributed by atoms with Crippen LogP contribution in [-0.4, -0.2) is 0 Å². The summed E-state index contributed by atoms with van der Waals surface area (Å²) in [6.45, 7) is 17.9. The van der Waals surface area contributed by atoms with Gasteiger partial charge in [-0.2, -0.15) is 0 Å². The molecule has 3 aromatic rings. The lowest BCUT2D eigenvalue weighted by atomic mass is 10.2. The fraction of sp³-hybridized carbons (Fsp3) is 0.222. The van der Waals surface area contributed by atoms with Crippen molar-refractivity contribution in [2.75, 3.05) is 0 Å². The lowest BCUT2D eigenvalue weighted by Crippen LogP contribution is -1.84. The third-order valence-electron chi connectivity index (χ3n) is 7.75. The predicted molar refractivity (Wildman–Crippen MR) is 235 cm³/mol. The van der Waals surface area contributed by atoms with Gasteiger partial charge in [0.2, 0.25) is 0 Å². The Kier molecular flexibility index (Phi) is 11.1. The zero-order chi connectivity index (χ0) is 33.0. The zero-order valence-corrected chi connectivity index (χ0v) is 36.1. The molecule has 0 saturated heterocycles. The van der Waals surface area contributed by atoms with Crippen molar-refractivity contribution in [3.8, 4) is 0 Å². The van der Waals surface area contributed by atoms with Gasteiger partial charge in [0.25, 0.3) is 0 Å². The molecule has 0 aromatic carbocycles. The first-order valence-corrected chi connectivity index (χ1v) is 23.9. The van der Waals surface area contributed by atoms with Crippen LogP contribution in [0.15, 0.2) is 92.6 Å². The van der Waals surface area contributed by atoms with Crippen LogP contribution < -0.4 is 0 Å². The van der Waals surface area contributed by atoms with E-state index in [4.69, 9.17) is 0 Å². The van der Waals surface area contributed by atoms with Crippen LogP contribution in [-0.2, 0) is 0 Å². The third-order valence-corrected chi connectivity index (χ3v) is 21.2. The molecule has 47 heavy (non-hydrogen) atoms. The molecular weight excluding hydrogens is 785 g/mol. The molecule has 0 saturated carbocycles. The summed E-state index contributed by atoms with van der Waals surface area (Å²) < 4.78 is 5.54. The second-order valence-corrected chi connectivity index (χ2v) is 25.4. The highest BCUT2D eigenvalue weighted by molar-refractivity contribution is 8.30. The van der Waals surface area contributed by atoms with E-state index in [-0.39, 0.29) is 0 Å². The number of thiophene rings is 3. The van der Waals surface area contributed by atoms with Crippen LogP contribution in [0.4, 0.5) is 0 Å². The standard InChI is InChI=1S/C36H32S11/c1-17-18(2)38-31(37-17)15-25-9-11-27(45-25)33(35-41-21(5)22(6)42-35)29-13-14-30(47-29)34(36-43-23(7)24(8)44-36)28-12-10-26(46-28)16-32-39-19(3)20(4)40-32/h9-16H,1-8H3. The molecule has 11 heteroatoms. The molecule has 0 N–H and O–H groups in total. The Hall–Kier alpha value is -0.180. The Morgan fingerprint density at radius 2 is 0.638 bits per heavy atom. The summed E-state index contributed by atoms with van der Waals surface area (Å²) in [5, 5.41) is 0. The van der Waals surface area contributed by atoms with E-state index in [2.05, 4.69) is 104 Å². The first-order chi connectivity index (χ1) is 22.5. The monoisotopic (exact) mass is 816 g/mol. The third kappa shape index (κ3) is 7.71. The molecule has 3 aromatic heterocycles. The number of allylic oxidation sites excluding steroid dienone is 8. The molecule has 4 aliphatic heterocycles. The molecule has 4 aliphatic rings. The maximum Gasteiger partial charge on any atom is 0.0593 e. The largest absolute Gasteiger partial charge is 0.136 e. The summed E-state index contributed by atoms with van der Waals surface area (Å²) in [5.41, 5.74) is 2.76. The molecule has 0 atom stereocenters. The van der Waals surface area contributed by atoms with Gasteiger partial charge in [-0.3, -0.25) is 0 Å². The van der Waals surface area contributed by atoms with Gasteiger partial charge in [0.1, 0.15) is 0 Å². The second kappa shape index (κ2) is 14.8. The Labute approximate surface area is 325 Å². The normalized spacial score (nSPS) is 18.7. The van der Waals surface area contributed by atoms with Crippen molar-refractivity contribution >= 4 is 151 Å². The molecular formula is C36H32S11. The molecule has 0 nitrogen and oxygen atoms in total. The maximum atomic E-state index is 2.38. The van der Waals surface area contributed by atoms with Crippen LogP contribution in [0.25, 0.3) is 23.3 Å². The number of hydrogen-bond donors (Lipinski definition) is 0. The average Bonchev–Trinajstić information content (AvgIpc) is 3.88. The van der Waals surface area contributed by atoms with Crippen molar-refractivity contribution in [1.82, 2.24) is 0 Å². The van der Waals surface area contributed by atoms with Crippen molar-refractivity contribution in [2.45, 2.75) is 55.4 Å². The fourth-order valence-corrected chi connectivity index (χ4v) is 19.0. The first kappa shape index (κ1) is 35.2. The highest BCUT2D eigenvalue weighted by Gasteiger charge is 2.27. The summed E-state index contributed by atoms with van der Waals surface area (Å²) >= 11 is 21.1. The van der Waals surface area contributed by atoms with E-state index in [0.717, 1.165) is 0 Å². The van der Waals surface area contributed by atoms with Crippen molar-refractivity contribution < 1.29 is 0 Å².